The van der Waals surface area contributed by atoms with Gasteiger partial charge in [-0.05, 0) is 45.2 Å². The highest BCUT2D eigenvalue weighted by molar-refractivity contribution is 6.07. The van der Waals surface area contributed by atoms with E-state index in [9.17, 15) is 9.59 Å². The molecule has 132 valence electrons. The molecule has 0 spiro atoms. The number of urea groups is 1. The van der Waals surface area contributed by atoms with Crippen LogP contribution in [0.5, 0.6) is 0 Å². The van der Waals surface area contributed by atoms with Crippen LogP contribution in [0.25, 0.3) is 0 Å². The van der Waals surface area contributed by atoms with Crippen LogP contribution in [-0.4, -0.2) is 27.8 Å². The number of aromatic nitrogens is 2. The molecule has 0 radical (unpaired) electrons. The lowest BCUT2D eigenvalue weighted by Crippen LogP contribution is -2.34. The van der Waals surface area contributed by atoms with Crippen LogP contribution < -0.4 is 16.0 Å². The quantitative estimate of drug-likeness (QED) is 0.799. The van der Waals surface area contributed by atoms with Gasteiger partial charge in [-0.3, -0.25) is 9.48 Å². The molecular weight excluding hydrogens is 318 g/mol. The molecule has 3 amide bonds. The van der Waals surface area contributed by atoms with Crippen molar-refractivity contribution in [3.63, 3.8) is 0 Å². The van der Waals surface area contributed by atoms with Crippen LogP contribution in [0.1, 0.15) is 42.7 Å². The minimum absolute atomic E-state index is 0.0284. The summed E-state index contributed by atoms with van der Waals surface area (Å²) >= 11 is 0. The Labute approximate surface area is 146 Å². The molecule has 0 atom stereocenters. The molecule has 1 aliphatic rings. The van der Waals surface area contributed by atoms with Gasteiger partial charge in [0.2, 0.25) is 0 Å². The second-order valence-corrected chi connectivity index (χ2v) is 6.44. The number of aryl methyl sites for hydroxylation is 1. The van der Waals surface area contributed by atoms with Crippen molar-refractivity contribution < 1.29 is 9.59 Å². The van der Waals surface area contributed by atoms with Crippen LogP contribution in [0.15, 0.2) is 30.5 Å². The van der Waals surface area contributed by atoms with Gasteiger partial charge in [0, 0.05) is 12.6 Å². The van der Waals surface area contributed by atoms with Gasteiger partial charge in [0.25, 0.3) is 5.91 Å². The number of hydrogen-bond donors (Lipinski definition) is 3. The van der Waals surface area contributed by atoms with Gasteiger partial charge >= 0.3 is 6.03 Å². The third-order valence-electron chi connectivity index (χ3n) is 4.07. The molecule has 1 aliphatic heterocycles. The first-order valence-corrected chi connectivity index (χ1v) is 8.57. The Hall–Kier alpha value is -2.83. The molecule has 3 N–H and O–H groups in total. The zero-order valence-electron chi connectivity index (χ0n) is 14.5. The van der Waals surface area contributed by atoms with Crippen molar-refractivity contribution >= 4 is 23.3 Å². The second kappa shape index (κ2) is 7.38. The van der Waals surface area contributed by atoms with Crippen LogP contribution >= 0.6 is 0 Å². The average molecular weight is 341 g/mol. The van der Waals surface area contributed by atoms with Crippen LogP contribution in [0.4, 0.5) is 16.2 Å². The Kier molecular flexibility index (Phi) is 5.02. The Morgan fingerprint density at radius 1 is 1.12 bits per heavy atom. The average Bonchev–Trinajstić information content (AvgIpc) is 3.00. The van der Waals surface area contributed by atoms with E-state index in [1.807, 2.05) is 30.7 Å². The molecule has 0 fully saturated rings. The maximum absolute atomic E-state index is 12.7. The third kappa shape index (κ3) is 3.99. The van der Waals surface area contributed by atoms with E-state index in [-0.39, 0.29) is 18.0 Å². The van der Waals surface area contributed by atoms with E-state index in [2.05, 4.69) is 21.0 Å². The fraction of sp³-hybridized carbons (Fsp3) is 0.389. The molecule has 25 heavy (non-hydrogen) atoms. The monoisotopic (exact) mass is 341 g/mol. The molecule has 0 saturated carbocycles. The number of para-hydroxylation sites is 2. The smallest absolute Gasteiger partial charge is 0.319 e. The number of rotatable bonds is 4. The highest BCUT2D eigenvalue weighted by Gasteiger charge is 2.20. The van der Waals surface area contributed by atoms with Gasteiger partial charge in [0.1, 0.15) is 0 Å². The number of fused-ring (bicyclic) bond motifs is 1. The van der Waals surface area contributed by atoms with Gasteiger partial charge in [-0.2, -0.15) is 5.10 Å². The van der Waals surface area contributed by atoms with Gasteiger partial charge in [-0.25, -0.2) is 4.79 Å². The Morgan fingerprint density at radius 3 is 2.56 bits per heavy atom. The summed E-state index contributed by atoms with van der Waals surface area (Å²) in [6, 6.07) is 6.86. The minimum atomic E-state index is -0.306. The summed E-state index contributed by atoms with van der Waals surface area (Å²) < 4.78 is 1.90. The zero-order chi connectivity index (χ0) is 17.8. The number of benzene rings is 1. The van der Waals surface area contributed by atoms with E-state index in [0.717, 1.165) is 31.5 Å². The van der Waals surface area contributed by atoms with Crippen molar-refractivity contribution in [2.45, 2.75) is 45.7 Å². The maximum atomic E-state index is 12.7. The van der Waals surface area contributed by atoms with Gasteiger partial charge in [0.15, 0.2) is 0 Å². The molecule has 2 heterocycles. The first-order chi connectivity index (χ1) is 12.0. The summed E-state index contributed by atoms with van der Waals surface area (Å²) in [5.74, 6) is -0.207. The first kappa shape index (κ1) is 17.0. The lowest BCUT2D eigenvalue weighted by Gasteiger charge is -2.16. The Bertz CT molecular complexity index is 782. The summed E-state index contributed by atoms with van der Waals surface area (Å²) in [6.45, 7) is 4.63. The van der Waals surface area contributed by atoms with Crippen molar-refractivity contribution in [3.8, 4) is 0 Å². The highest BCUT2D eigenvalue weighted by atomic mass is 16.2. The SMILES string of the molecule is CC(C)NC(=O)Nc1ccccc1NC(=O)c1cnn2c1CCCC2. The number of carbonyl (C=O) groups excluding carboxylic acids is 2. The van der Waals surface area contributed by atoms with E-state index in [0.29, 0.717) is 16.9 Å². The lowest BCUT2D eigenvalue weighted by molar-refractivity contribution is 0.102. The van der Waals surface area contributed by atoms with Gasteiger partial charge in [-0.15, -0.1) is 0 Å². The highest BCUT2D eigenvalue weighted by Crippen LogP contribution is 2.24. The third-order valence-corrected chi connectivity index (χ3v) is 4.07. The van der Waals surface area contributed by atoms with E-state index in [4.69, 9.17) is 0 Å². The Morgan fingerprint density at radius 2 is 1.84 bits per heavy atom. The number of anilines is 2. The number of carbonyl (C=O) groups is 2. The fourth-order valence-electron chi connectivity index (χ4n) is 2.92. The molecule has 7 nitrogen and oxygen atoms in total. The molecule has 7 heteroatoms. The minimum Gasteiger partial charge on any atom is -0.336 e. The van der Waals surface area contributed by atoms with Crippen LogP contribution in [-0.2, 0) is 13.0 Å². The van der Waals surface area contributed by atoms with Crippen molar-refractivity contribution in [3.05, 3.63) is 41.7 Å². The van der Waals surface area contributed by atoms with Crippen molar-refractivity contribution in [2.75, 3.05) is 10.6 Å². The lowest BCUT2D eigenvalue weighted by atomic mass is 10.1. The summed E-state index contributed by atoms with van der Waals surface area (Å²) in [5, 5.41) is 12.7. The van der Waals surface area contributed by atoms with E-state index in [1.165, 1.54) is 0 Å². The number of nitrogens with one attached hydrogen (secondary N) is 3. The zero-order valence-corrected chi connectivity index (χ0v) is 14.5. The van der Waals surface area contributed by atoms with Crippen molar-refractivity contribution in [1.82, 2.24) is 15.1 Å². The summed E-state index contributed by atoms with van der Waals surface area (Å²) in [6.07, 6.45) is 4.64. The molecule has 0 saturated heterocycles. The molecular formula is C18H23N5O2. The molecule has 0 unspecified atom stereocenters. The predicted octanol–water partition coefficient (Wildman–Crippen LogP) is 3.00. The molecule has 1 aromatic heterocycles. The van der Waals surface area contributed by atoms with Crippen LogP contribution in [0.3, 0.4) is 0 Å². The predicted molar refractivity (Wildman–Crippen MR) is 96.9 cm³/mol. The maximum Gasteiger partial charge on any atom is 0.319 e. The Balaban J connectivity index is 1.75. The number of nitrogens with zero attached hydrogens (tertiary/aromatic N) is 2. The topological polar surface area (TPSA) is 88.1 Å². The van der Waals surface area contributed by atoms with Crippen molar-refractivity contribution in [2.24, 2.45) is 0 Å². The van der Waals surface area contributed by atoms with E-state index < -0.39 is 0 Å². The van der Waals surface area contributed by atoms with Gasteiger partial charge < -0.3 is 16.0 Å². The first-order valence-electron chi connectivity index (χ1n) is 8.57. The summed E-state index contributed by atoms with van der Waals surface area (Å²) in [5.41, 5.74) is 2.69. The van der Waals surface area contributed by atoms with Crippen LogP contribution in [0.2, 0.25) is 0 Å². The summed E-state index contributed by atoms with van der Waals surface area (Å²) in [7, 11) is 0. The molecule has 3 rings (SSSR count). The van der Waals surface area contributed by atoms with E-state index in [1.54, 1.807) is 18.3 Å². The molecule has 0 aliphatic carbocycles. The molecule has 2 aromatic rings. The van der Waals surface area contributed by atoms with E-state index >= 15 is 0 Å². The molecule has 0 bridgehead atoms. The second-order valence-electron chi connectivity index (χ2n) is 6.44. The van der Waals surface area contributed by atoms with Gasteiger partial charge in [-0.1, -0.05) is 12.1 Å². The number of hydrogen-bond acceptors (Lipinski definition) is 3. The molecule has 1 aromatic carbocycles. The fourth-order valence-corrected chi connectivity index (χ4v) is 2.92. The largest absolute Gasteiger partial charge is 0.336 e. The van der Waals surface area contributed by atoms with Crippen molar-refractivity contribution in [1.29, 1.82) is 0 Å². The van der Waals surface area contributed by atoms with Crippen LogP contribution in [0, 0.1) is 0 Å². The van der Waals surface area contributed by atoms with Gasteiger partial charge in [0.05, 0.1) is 28.8 Å². The summed E-state index contributed by atoms with van der Waals surface area (Å²) in [4.78, 5) is 24.6. The number of amides is 3. The normalized spacial score (nSPS) is 13.2. The standard InChI is InChI=1S/C18H23N5O2/c1-12(2)20-18(25)22-15-8-4-3-7-14(15)21-17(24)13-11-19-23-10-6-5-9-16(13)23/h3-4,7-8,11-12H,5-6,9-10H2,1-2H3,(H,21,24)(H2,20,22,25).